The van der Waals surface area contributed by atoms with Crippen LogP contribution < -0.4 is 15.8 Å². The number of ether oxygens (including phenoxy) is 1. The molecule has 0 spiro atoms. The minimum atomic E-state index is -0.525. The van der Waals surface area contributed by atoms with E-state index in [1.807, 2.05) is 13.8 Å². The molecular formula is C16H24ClFN2O2. The van der Waals surface area contributed by atoms with Crippen molar-refractivity contribution in [1.29, 1.82) is 0 Å². The predicted molar refractivity (Wildman–Crippen MR) is 86.7 cm³/mol. The van der Waals surface area contributed by atoms with Crippen LogP contribution in [-0.4, -0.2) is 18.6 Å². The lowest BCUT2D eigenvalue weighted by Crippen LogP contribution is -2.45. The number of fused-ring (bicyclic) bond motifs is 1. The molecule has 1 aliphatic rings. The molecule has 0 aliphatic carbocycles. The number of hydrogen-bond acceptors (Lipinski definition) is 3. The third kappa shape index (κ3) is 4.34. The number of hydrogen-bond donors (Lipinski definition) is 2. The topological polar surface area (TPSA) is 64.4 Å². The first-order valence-corrected chi connectivity index (χ1v) is 7.51. The molecule has 1 aromatic carbocycles. The van der Waals surface area contributed by atoms with Gasteiger partial charge in [-0.05, 0) is 24.8 Å². The molecule has 3 atom stereocenters. The zero-order chi connectivity index (χ0) is 15.4. The van der Waals surface area contributed by atoms with Crippen LogP contribution in [0.25, 0.3) is 0 Å². The summed E-state index contributed by atoms with van der Waals surface area (Å²) in [4.78, 5) is 12.2. The van der Waals surface area contributed by atoms with Crippen LogP contribution in [0.2, 0.25) is 0 Å². The second-order valence-corrected chi connectivity index (χ2v) is 5.65. The van der Waals surface area contributed by atoms with E-state index in [0.29, 0.717) is 12.4 Å². The first-order chi connectivity index (χ1) is 10.0. The van der Waals surface area contributed by atoms with Crippen molar-refractivity contribution in [1.82, 2.24) is 5.32 Å². The van der Waals surface area contributed by atoms with E-state index < -0.39 is 6.04 Å². The number of carbonyl (C=O) groups excluding carboxylic acids is 1. The summed E-state index contributed by atoms with van der Waals surface area (Å²) in [6.07, 6.45) is 2.42. The molecule has 3 N–H and O–H groups in total. The summed E-state index contributed by atoms with van der Waals surface area (Å²) in [5.41, 5.74) is 6.79. The van der Waals surface area contributed by atoms with Crippen molar-refractivity contribution in [2.75, 3.05) is 6.61 Å². The highest BCUT2D eigenvalue weighted by molar-refractivity contribution is 5.85. The van der Waals surface area contributed by atoms with Crippen LogP contribution in [0, 0.1) is 11.7 Å². The Labute approximate surface area is 137 Å². The molecule has 0 aromatic heterocycles. The van der Waals surface area contributed by atoms with E-state index in [1.165, 1.54) is 12.1 Å². The maximum atomic E-state index is 13.3. The van der Waals surface area contributed by atoms with Crippen molar-refractivity contribution in [2.24, 2.45) is 11.7 Å². The highest BCUT2D eigenvalue weighted by Gasteiger charge is 2.26. The van der Waals surface area contributed by atoms with Crippen molar-refractivity contribution in [3.8, 4) is 5.75 Å². The predicted octanol–water partition coefficient (Wildman–Crippen LogP) is 2.95. The second-order valence-electron chi connectivity index (χ2n) is 5.65. The van der Waals surface area contributed by atoms with Crippen LogP contribution >= 0.6 is 12.4 Å². The van der Waals surface area contributed by atoms with E-state index in [1.54, 1.807) is 6.07 Å². The average molecular weight is 331 g/mol. The monoisotopic (exact) mass is 330 g/mol. The van der Waals surface area contributed by atoms with Gasteiger partial charge in [-0.3, -0.25) is 4.79 Å². The van der Waals surface area contributed by atoms with E-state index >= 15 is 0 Å². The smallest absolute Gasteiger partial charge is 0.237 e. The Kier molecular flexibility index (Phi) is 7.10. The van der Waals surface area contributed by atoms with E-state index in [-0.39, 0.29) is 36.1 Å². The average Bonchev–Trinajstić information content (AvgIpc) is 2.67. The maximum Gasteiger partial charge on any atom is 0.237 e. The van der Waals surface area contributed by atoms with Gasteiger partial charge >= 0.3 is 0 Å². The van der Waals surface area contributed by atoms with E-state index in [2.05, 4.69) is 5.32 Å². The van der Waals surface area contributed by atoms with Gasteiger partial charge in [0.2, 0.25) is 5.91 Å². The largest absolute Gasteiger partial charge is 0.493 e. The van der Waals surface area contributed by atoms with Gasteiger partial charge in [0.15, 0.2) is 0 Å². The van der Waals surface area contributed by atoms with Gasteiger partial charge in [-0.2, -0.15) is 0 Å². The molecule has 4 nitrogen and oxygen atoms in total. The van der Waals surface area contributed by atoms with Gasteiger partial charge < -0.3 is 15.8 Å². The molecule has 1 heterocycles. The lowest BCUT2D eigenvalue weighted by Gasteiger charge is -2.23. The molecule has 1 aromatic rings. The van der Waals surface area contributed by atoms with Gasteiger partial charge in [0.25, 0.3) is 0 Å². The highest BCUT2D eigenvalue weighted by atomic mass is 35.5. The van der Waals surface area contributed by atoms with Crippen molar-refractivity contribution in [2.45, 2.75) is 45.2 Å². The van der Waals surface area contributed by atoms with Crippen molar-refractivity contribution >= 4 is 18.3 Å². The fourth-order valence-electron chi connectivity index (χ4n) is 2.48. The summed E-state index contributed by atoms with van der Waals surface area (Å²) >= 11 is 0. The van der Waals surface area contributed by atoms with Crippen LogP contribution in [0.1, 0.15) is 44.7 Å². The maximum absolute atomic E-state index is 13.3. The van der Waals surface area contributed by atoms with Gasteiger partial charge in [-0.1, -0.05) is 26.3 Å². The van der Waals surface area contributed by atoms with E-state index in [9.17, 15) is 9.18 Å². The Balaban J connectivity index is 0.00000242. The number of halogens is 2. The summed E-state index contributed by atoms with van der Waals surface area (Å²) in [5.74, 6) is 0.137. The summed E-state index contributed by atoms with van der Waals surface area (Å²) < 4.78 is 18.9. The van der Waals surface area contributed by atoms with Crippen LogP contribution in [0.4, 0.5) is 4.39 Å². The van der Waals surface area contributed by atoms with E-state index in [4.69, 9.17) is 10.5 Å². The Morgan fingerprint density at radius 2 is 2.27 bits per heavy atom. The number of nitrogens with two attached hydrogens (primary N) is 1. The minimum Gasteiger partial charge on any atom is -0.493 e. The number of amides is 1. The molecule has 3 unspecified atom stereocenters. The summed E-state index contributed by atoms with van der Waals surface area (Å²) in [6, 6.07) is 3.74. The zero-order valence-electron chi connectivity index (χ0n) is 13.0. The van der Waals surface area contributed by atoms with Crippen molar-refractivity contribution in [3.05, 3.63) is 29.6 Å². The van der Waals surface area contributed by atoms with Crippen LogP contribution in [0.3, 0.4) is 0 Å². The number of benzene rings is 1. The molecule has 0 fully saturated rings. The zero-order valence-corrected chi connectivity index (χ0v) is 13.8. The standard InChI is InChI=1S/C16H23FN2O2.ClH/c1-3-10(2)15(18)16(20)19-13-5-4-8-21-14-9-11(17)6-7-12(13)14;/h6-7,9-10,13,15H,3-5,8,18H2,1-2H3,(H,19,20);1H. The number of rotatable bonds is 4. The fraction of sp³-hybridized carbons (Fsp3) is 0.562. The lowest BCUT2D eigenvalue weighted by molar-refractivity contribution is -0.124. The van der Waals surface area contributed by atoms with Gasteiger partial charge in [-0.25, -0.2) is 4.39 Å². The third-order valence-corrected chi connectivity index (χ3v) is 4.12. The normalized spacial score (nSPS) is 19.7. The van der Waals surface area contributed by atoms with Gasteiger partial charge in [0, 0.05) is 11.6 Å². The highest BCUT2D eigenvalue weighted by Crippen LogP contribution is 2.32. The molecule has 0 saturated heterocycles. The quantitative estimate of drug-likeness (QED) is 0.892. The molecular weight excluding hydrogens is 307 g/mol. The molecule has 0 bridgehead atoms. The summed E-state index contributed by atoms with van der Waals surface area (Å²) in [5, 5.41) is 2.98. The third-order valence-electron chi connectivity index (χ3n) is 4.12. The molecule has 124 valence electrons. The molecule has 1 amide bonds. The molecule has 0 saturated carbocycles. The Hall–Kier alpha value is -1.33. The van der Waals surface area contributed by atoms with Gasteiger partial charge in [0.05, 0.1) is 18.7 Å². The number of nitrogens with one attached hydrogen (secondary N) is 1. The molecule has 1 aliphatic heterocycles. The van der Waals surface area contributed by atoms with Gasteiger partial charge in [-0.15, -0.1) is 12.4 Å². The van der Waals surface area contributed by atoms with Gasteiger partial charge in [0.1, 0.15) is 11.6 Å². The number of carbonyl (C=O) groups is 1. The Morgan fingerprint density at radius 3 is 2.95 bits per heavy atom. The Morgan fingerprint density at radius 1 is 1.55 bits per heavy atom. The summed E-state index contributed by atoms with van der Waals surface area (Å²) in [7, 11) is 0. The molecule has 2 rings (SSSR count). The molecule has 22 heavy (non-hydrogen) atoms. The van der Waals surface area contributed by atoms with Crippen LogP contribution in [0.15, 0.2) is 18.2 Å². The fourth-order valence-corrected chi connectivity index (χ4v) is 2.48. The first-order valence-electron chi connectivity index (χ1n) is 7.51. The summed E-state index contributed by atoms with van der Waals surface area (Å²) in [6.45, 7) is 4.50. The van der Waals surface area contributed by atoms with Crippen LogP contribution in [0.5, 0.6) is 5.75 Å². The first kappa shape index (κ1) is 18.7. The minimum absolute atomic E-state index is 0. The van der Waals surface area contributed by atoms with Crippen molar-refractivity contribution < 1.29 is 13.9 Å². The molecule has 0 radical (unpaired) electrons. The lowest BCUT2D eigenvalue weighted by atomic mass is 9.97. The van der Waals surface area contributed by atoms with Crippen molar-refractivity contribution in [3.63, 3.8) is 0 Å². The SMILES string of the molecule is CCC(C)C(N)C(=O)NC1CCCOc2cc(F)ccc21.Cl. The van der Waals surface area contributed by atoms with Crippen LogP contribution in [-0.2, 0) is 4.79 Å². The Bertz CT molecular complexity index is 513. The van der Waals surface area contributed by atoms with E-state index in [0.717, 1.165) is 24.8 Å². The molecule has 6 heteroatoms. The second kappa shape index (κ2) is 8.34.